The molecule has 0 aliphatic heterocycles. The van der Waals surface area contributed by atoms with Gasteiger partial charge in [0.15, 0.2) is 0 Å². The van der Waals surface area contributed by atoms with E-state index in [0.717, 1.165) is 12.8 Å². The SMILES string of the molecule is CCCCCCCCN(N=O)C(=O)O. The lowest BCUT2D eigenvalue weighted by Gasteiger charge is -2.07. The zero-order chi connectivity index (χ0) is 10.8. The molecular formula is C9H18N2O3. The Morgan fingerprint density at radius 3 is 2.29 bits per heavy atom. The van der Waals surface area contributed by atoms with Gasteiger partial charge in [-0.1, -0.05) is 39.0 Å². The molecule has 82 valence electrons. The van der Waals surface area contributed by atoms with Crippen LogP contribution in [0.15, 0.2) is 5.29 Å². The second kappa shape index (κ2) is 8.47. The summed E-state index contributed by atoms with van der Waals surface area (Å²) >= 11 is 0. The third-order valence-corrected chi connectivity index (χ3v) is 2.04. The van der Waals surface area contributed by atoms with Crippen molar-refractivity contribution in [3.05, 3.63) is 4.91 Å². The molecule has 0 heterocycles. The summed E-state index contributed by atoms with van der Waals surface area (Å²) in [4.78, 5) is 20.3. The van der Waals surface area contributed by atoms with Gasteiger partial charge in [0.05, 0.1) is 11.8 Å². The third-order valence-electron chi connectivity index (χ3n) is 2.04. The van der Waals surface area contributed by atoms with Crippen LogP contribution in [0.5, 0.6) is 0 Å². The van der Waals surface area contributed by atoms with Crippen LogP contribution in [0.2, 0.25) is 0 Å². The molecule has 0 aliphatic carbocycles. The summed E-state index contributed by atoms with van der Waals surface area (Å²) in [7, 11) is 0. The van der Waals surface area contributed by atoms with Gasteiger partial charge in [0.1, 0.15) is 0 Å². The minimum atomic E-state index is -1.27. The zero-order valence-corrected chi connectivity index (χ0v) is 8.61. The van der Waals surface area contributed by atoms with Crippen LogP contribution in [0.1, 0.15) is 45.4 Å². The molecule has 0 aromatic rings. The number of hydrogen-bond donors (Lipinski definition) is 1. The van der Waals surface area contributed by atoms with Crippen LogP contribution < -0.4 is 0 Å². The molecule has 0 aromatic carbocycles. The monoisotopic (exact) mass is 202 g/mol. The molecule has 0 aliphatic rings. The van der Waals surface area contributed by atoms with Crippen LogP contribution in [-0.2, 0) is 0 Å². The molecule has 0 rings (SSSR count). The van der Waals surface area contributed by atoms with Gasteiger partial charge in [-0.25, -0.2) is 4.79 Å². The van der Waals surface area contributed by atoms with Crippen LogP contribution in [0, 0.1) is 4.91 Å². The normalized spacial score (nSPS) is 9.79. The van der Waals surface area contributed by atoms with Gasteiger partial charge in [-0.15, -0.1) is 4.91 Å². The Labute approximate surface area is 84.0 Å². The zero-order valence-electron chi connectivity index (χ0n) is 8.61. The van der Waals surface area contributed by atoms with Crippen molar-refractivity contribution in [3.63, 3.8) is 0 Å². The molecule has 0 aromatic heterocycles. The predicted molar refractivity (Wildman–Crippen MR) is 53.9 cm³/mol. The van der Waals surface area contributed by atoms with Crippen LogP contribution in [-0.4, -0.2) is 22.8 Å². The number of rotatable bonds is 8. The minimum absolute atomic E-state index is 0.213. The topological polar surface area (TPSA) is 70.0 Å². The first-order valence-corrected chi connectivity index (χ1v) is 5.06. The first kappa shape index (κ1) is 12.9. The third kappa shape index (κ3) is 6.39. The lowest BCUT2D eigenvalue weighted by molar-refractivity contribution is 0.145. The number of unbranched alkanes of at least 4 members (excludes halogenated alkanes) is 5. The first-order chi connectivity index (χ1) is 6.72. The molecule has 5 nitrogen and oxygen atoms in total. The predicted octanol–water partition coefficient (Wildman–Crippen LogP) is 3.01. The van der Waals surface area contributed by atoms with E-state index in [0.29, 0.717) is 11.4 Å². The van der Waals surface area contributed by atoms with Crippen molar-refractivity contribution in [1.29, 1.82) is 0 Å². The summed E-state index contributed by atoms with van der Waals surface area (Å²) in [5.74, 6) is 0. The Kier molecular flexibility index (Phi) is 7.78. The van der Waals surface area contributed by atoms with Crippen molar-refractivity contribution in [1.82, 2.24) is 5.01 Å². The Bertz CT molecular complexity index is 173. The van der Waals surface area contributed by atoms with Gasteiger partial charge in [-0.05, 0) is 6.42 Å². The van der Waals surface area contributed by atoms with Crippen molar-refractivity contribution in [3.8, 4) is 0 Å². The number of nitrogens with zero attached hydrogens (tertiary/aromatic N) is 2. The van der Waals surface area contributed by atoms with E-state index in [9.17, 15) is 9.70 Å². The molecule has 0 fully saturated rings. The number of nitroso groups, excluding NO2 is 1. The quantitative estimate of drug-likeness (QED) is 0.373. The molecule has 14 heavy (non-hydrogen) atoms. The van der Waals surface area contributed by atoms with Crippen LogP contribution in [0.4, 0.5) is 4.79 Å². The average molecular weight is 202 g/mol. The highest BCUT2D eigenvalue weighted by molar-refractivity contribution is 5.64. The van der Waals surface area contributed by atoms with Crippen molar-refractivity contribution in [2.45, 2.75) is 45.4 Å². The smallest absolute Gasteiger partial charge is 0.430 e. The number of carboxylic acid groups (broad SMARTS) is 1. The van der Waals surface area contributed by atoms with E-state index in [1.165, 1.54) is 19.3 Å². The highest BCUT2D eigenvalue weighted by atomic mass is 16.4. The van der Waals surface area contributed by atoms with E-state index in [2.05, 4.69) is 12.2 Å². The molecule has 0 bridgehead atoms. The summed E-state index contributed by atoms with van der Waals surface area (Å²) in [6.45, 7) is 2.35. The largest absolute Gasteiger partial charge is 0.464 e. The number of amides is 1. The van der Waals surface area contributed by atoms with Gasteiger partial charge in [-0.2, -0.15) is 5.01 Å². The molecule has 1 N–H and O–H groups in total. The first-order valence-electron chi connectivity index (χ1n) is 5.06. The fourth-order valence-corrected chi connectivity index (χ4v) is 1.21. The van der Waals surface area contributed by atoms with Gasteiger partial charge >= 0.3 is 6.09 Å². The maximum Gasteiger partial charge on any atom is 0.430 e. The van der Waals surface area contributed by atoms with E-state index in [1.807, 2.05) is 0 Å². The second-order valence-corrected chi connectivity index (χ2v) is 3.26. The molecule has 0 saturated carbocycles. The van der Waals surface area contributed by atoms with Crippen LogP contribution in [0.25, 0.3) is 0 Å². The molecule has 1 amide bonds. The number of carbonyl (C=O) groups is 1. The molecule has 5 heteroatoms. The fourth-order valence-electron chi connectivity index (χ4n) is 1.21. The Morgan fingerprint density at radius 1 is 1.21 bits per heavy atom. The summed E-state index contributed by atoms with van der Waals surface area (Å²) in [6, 6.07) is 0. The van der Waals surface area contributed by atoms with Crippen LogP contribution >= 0.6 is 0 Å². The number of hydrogen-bond acceptors (Lipinski definition) is 3. The standard InChI is InChI=1S/C9H18N2O3/c1-2-3-4-5-6-7-8-11(10-14)9(12)13/h2-8H2,1H3,(H,12,13). The van der Waals surface area contributed by atoms with Crippen molar-refractivity contribution in [2.24, 2.45) is 5.29 Å². The van der Waals surface area contributed by atoms with Crippen LogP contribution in [0.3, 0.4) is 0 Å². The lowest BCUT2D eigenvalue weighted by atomic mass is 10.1. The van der Waals surface area contributed by atoms with E-state index < -0.39 is 6.09 Å². The summed E-state index contributed by atoms with van der Waals surface area (Å²) in [5, 5.41) is 11.4. The van der Waals surface area contributed by atoms with E-state index >= 15 is 0 Å². The molecular weight excluding hydrogens is 184 g/mol. The molecule has 0 atom stereocenters. The van der Waals surface area contributed by atoms with E-state index in [1.54, 1.807) is 0 Å². The molecule has 0 radical (unpaired) electrons. The maximum absolute atomic E-state index is 10.3. The van der Waals surface area contributed by atoms with Gasteiger partial charge in [0.25, 0.3) is 0 Å². The highest BCUT2D eigenvalue weighted by Gasteiger charge is 2.10. The fraction of sp³-hybridized carbons (Fsp3) is 0.889. The maximum atomic E-state index is 10.3. The Morgan fingerprint density at radius 2 is 1.79 bits per heavy atom. The Balaban J connectivity index is 3.33. The molecule has 0 unspecified atom stereocenters. The molecule has 0 saturated heterocycles. The van der Waals surface area contributed by atoms with Gasteiger partial charge in [-0.3, -0.25) is 0 Å². The van der Waals surface area contributed by atoms with Crippen molar-refractivity contribution < 1.29 is 9.90 Å². The Hall–Kier alpha value is -1.13. The minimum Gasteiger partial charge on any atom is -0.464 e. The highest BCUT2D eigenvalue weighted by Crippen LogP contribution is 2.06. The molecule has 0 spiro atoms. The van der Waals surface area contributed by atoms with Crippen molar-refractivity contribution >= 4 is 6.09 Å². The summed E-state index contributed by atoms with van der Waals surface area (Å²) < 4.78 is 0. The van der Waals surface area contributed by atoms with Crippen molar-refractivity contribution in [2.75, 3.05) is 6.54 Å². The van der Waals surface area contributed by atoms with Gasteiger partial charge < -0.3 is 5.11 Å². The average Bonchev–Trinajstić information content (AvgIpc) is 2.16. The van der Waals surface area contributed by atoms with E-state index in [4.69, 9.17) is 5.11 Å². The second-order valence-electron chi connectivity index (χ2n) is 3.26. The van der Waals surface area contributed by atoms with Gasteiger partial charge in [0, 0.05) is 0 Å². The van der Waals surface area contributed by atoms with E-state index in [-0.39, 0.29) is 6.54 Å². The summed E-state index contributed by atoms with van der Waals surface area (Å²) in [5.41, 5.74) is 0. The summed E-state index contributed by atoms with van der Waals surface area (Å²) in [6.07, 6.45) is 5.08. The van der Waals surface area contributed by atoms with Gasteiger partial charge in [0.2, 0.25) is 0 Å². The lowest BCUT2D eigenvalue weighted by Crippen LogP contribution is -2.24.